The minimum atomic E-state index is -1.69. The van der Waals surface area contributed by atoms with Crippen LogP contribution in [0.4, 0.5) is 0 Å². The van der Waals surface area contributed by atoms with Crippen LogP contribution in [0.3, 0.4) is 0 Å². The molecule has 0 aromatic heterocycles. The average Bonchev–Trinajstić information content (AvgIpc) is 2.70. The summed E-state index contributed by atoms with van der Waals surface area (Å²) in [6.45, 7) is 0.371. The van der Waals surface area contributed by atoms with Crippen LogP contribution >= 0.6 is 0 Å². The molecule has 11 N–H and O–H groups in total. The lowest BCUT2D eigenvalue weighted by molar-refractivity contribution is -0.143. The topological polar surface area (TPSA) is 271 Å². The summed E-state index contributed by atoms with van der Waals surface area (Å²) in [5.41, 5.74) is 10.3. The van der Waals surface area contributed by atoms with Gasteiger partial charge in [0.2, 0.25) is 23.6 Å². The highest BCUT2D eigenvalue weighted by atomic mass is 16.4. The number of carbonyl (C=O) groups is 6. The molecule has 15 nitrogen and oxygen atoms in total. The van der Waals surface area contributed by atoms with E-state index in [1.807, 2.05) is 0 Å². The fourth-order valence-corrected chi connectivity index (χ4v) is 2.36. The maximum atomic E-state index is 12.6. The molecule has 0 aliphatic rings. The zero-order chi connectivity index (χ0) is 25.0. The highest BCUT2D eigenvalue weighted by Gasteiger charge is 2.32. The first-order chi connectivity index (χ1) is 14.8. The predicted molar refractivity (Wildman–Crippen MR) is 105 cm³/mol. The van der Waals surface area contributed by atoms with Gasteiger partial charge in [-0.1, -0.05) is 0 Å². The van der Waals surface area contributed by atoms with Crippen molar-refractivity contribution in [3.05, 3.63) is 0 Å². The summed E-state index contributed by atoms with van der Waals surface area (Å²) in [5.74, 6) is -6.71. The van der Waals surface area contributed by atoms with Crippen LogP contribution < -0.4 is 27.4 Å². The minimum Gasteiger partial charge on any atom is -0.481 e. The van der Waals surface area contributed by atoms with Gasteiger partial charge in [-0.2, -0.15) is 0 Å². The number of nitrogens with two attached hydrogens (primary N) is 2. The number of carboxylic acids is 2. The van der Waals surface area contributed by atoms with Crippen molar-refractivity contribution in [3.63, 3.8) is 0 Å². The van der Waals surface area contributed by atoms with Gasteiger partial charge in [0.1, 0.15) is 24.2 Å². The van der Waals surface area contributed by atoms with Crippen molar-refractivity contribution in [1.82, 2.24) is 16.0 Å². The normalized spacial score (nSPS) is 15.4. The third kappa shape index (κ3) is 10.6. The van der Waals surface area contributed by atoms with Gasteiger partial charge in [-0.3, -0.25) is 24.0 Å². The van der Waals surface area contributed by atoms with Crippen molar-refractivity contribution >= 4 is 35.6 Å². The van der Waals surface area contributed by atoms with Gasteiger partial charge in [-0.15, -0.1) is 0 Å². The SMILES string of the molecule is CC(O)C(NC(=O)C(CCC(=O)O)NC(=O)C(N)CO)C(=O)NC(CCC(N)=O)C(=O)O. The molecule has 0 fully saturated rings. The number of aliphatic hydroxyl groups excluding tert-OH is 2. The molecule has 5 atom stereocenters. The molecule has 0 aromatic rings. The summed E-state index contributed by atoms with van der Waals surface area (Å²) >= 11 is 0. The Morgan fingerprint density at radius 1 is 0.844 bits per heavy atom. The average molecular weight is 463 g/mol. The van der Waals surface area contributed by atoms with Gasteiger partial charge in [-0.25, -0.2) is 4.79 Å². The summed E-state index contributed by atoms with van der Waals surface area (Å²) in [4.78, 5) is 69.9. The molecule has 0 spiro atoms. The smallest absolute Gasteiger partial charge is 0.326 e. The maximum absolute atomic E-state index is 12.6. The van der Waals surface area contributed by atoms with E-state index in [0.29, 0.717) is 0 Å². The third-order valence-corrected chi connectivity index (χ3v) is 4.17. The molecule has 0 saturated carbocycles. The number of hydrogen-bond donors (Lipinski definition) is 9. The fraction of sp³-hybridized carbons (Fsp3) is 0.647. The Morgan fingerprint density at radius 2 is 1.38 bits per heavy atom. The van der Waals surface area contributed by atoms with E-state index in [1.165, 1.54) is 0 Å². The van der Waals surface area contributed by atoms with Crippen LogP contribution in [0.25, 0.3) is 0 Å². The molecule has 0 rings (SSSR count). The number of primary amides is 1. The molecule has 32 heavy (non-hydrogen) atoms. The molecule has 0 aliphatic carbocycles. The van der Waals surface area contributed by atoms with E-state index < -0.39 is 85.3 Å². The molecule has 0 aliphatic heterocycles. The molecule has 0 aromatic carbocycles. The molecule has 0 radical (unpaired) electrons. The number of amides is 4. The van der Waals surface area contributed by atoms with Gasteiger partial charge in [0.05, 0.1) is 12.7 Å². The van der Waals surface area contributed by atoms with Gasteiger partial charge in [-0.05, 0) is 19.8 Å². The van der Waals surface area contributed by atoms with Gasteiger partial charge in [0.15, 0.2) is 0 Å². The van der Waals surface area contributed by atoms with Crippen molar-refractivity contribution in [2.24, 2.45) is 11.5 Å². The van der Waals surface area contributed by atoms with Gasteiger partial charge in [0.25, 0.3) is 0 Å². The Kier molecular flexibility index (Phi) is 12.5. The number of carbonyl (C=O) groups excluding carboxylic acids is 4. The van der Waals surface area contributed by atoms with Crippen LogP contribution in [0.1, 0.15) is 32.6 Å². The molecule has 5 unspecified atom stereocenters. The molecular formula is C17H29N5O10. The number of nitrogens with one attached hydrogen (secondary N) is 3. The van der Waals surface area contributed by atoms with E-state index in [1.54, 1.807) is 0 Å². The lowest BCUT2D eigenvalue weighted by atomic mass is 10.1. The molecule has 15 heteroatoms. The van der Waals surface area contributed by atoms with E-state index in [2.05, 4.69) is 16.0 Å². The zero-order valence-corrected chi connectivity index (χ0v) is 17.3. The molecular weight excluding hydrogens is 434 g/mol. The Hall–Kier alpha value is -3.30. The lowest BCUT2D eigenvalue weighted by Crippen LogP contribution is -2.60. The first-order valence-electron chi connectivity index (χ1n) is 9.48. The predicted octanol–water partition coefficient (Wildman–Crippen LogP) is -4.64. The van der Waals surface area contributed by atoms with Crippen molar-refractivity contribution < 1.29 is 49.2 Å². The Labute approximate surface area is 182 Å². The van der Waals surface area contributed by atoms with E-state index >= 15 is 0 Å². The van der Waals surface area contributed by atoms with Crippen LogP contribution in [0.15, 0.2) is 0 Å². The first-order valence-corrected chi connectivity index (χ1v) is 9.48. The summed E-state index contributed by atoms with van der Waals surface area (Å²) < 4.78 is 0. The maximum Gasteiger partial charge on any atom is 0.326 e. The van der Waals surface area contributed by atoms with Crippen LogP contribution in [0.2, 0.25) is 0 Å². The fourth-order valence-electron chi connectivity index (χ4n) is 2.36. The van der Waals surface area contributed by atoms with Crippen LogP contribution in [-0.2, 0) is 28.8 Å². The Morgan fingerprint density at radius 3 is 1.81 bits per heavy atom. The second kappa shape index (κ2) is 13.9. The van der Waals surface area contributed by atoms with Crippen molar-refractivity contribution in [3.8, 4) is 0 Å². The number of rotatable bonds is 15. The number of hydrogen-bond acceptors (Lipinski definition) is 9. The molecule has 0 saturated heterocycles. The van der Waals surface area contributed by atoms with Gasteiger partial charge >= 0.3 is 11.9 Å². The quantitative estimate of drug-likeness (QED) is 0.111. The van der Waals surface area contributed by atoms with E-state index in [4.69, 9.17) is 26.8 Å². The highest BCUT2D eigenvalue weighted by Crippen LogP contribution is 2.04. The second-order valence-electron chi connectivity index (χ2n) is 6.91. The molecule has 0 bridgehead atoms. The van der Waals surface area contributed by atoms with Crippen molar-refractivity contribution in [2.75, 3.05) is 6.61 Å². The minimum absolute atomic E-state index is 0.340. The summed E-state index contributed by atoms with van der Waals surface area (Å²) in [6.07, 6.45) is -3.17. The third-order valence-electron chi connectivity index (χ3n) is 4.17. The monoisotopic (exact) mass is 463 g/mol. The highest BCUT2D eigenvalue weighted by molar-refractivity contribution is 5.94. The van der Waals surface area contributed by atoms with Crippen LogP contribution in [0, 0.1) is 0 Å². The summed E-state index contributed by atoms with van der Waals surface area (Å²) in [7, 11) is 0. The Balaban J connectivity index is 5.42. The van der Waals surface area contributed by atoms with Crippen LogP contribution in [0.5, 0.6) is 0 Å². The largest absolute Gasteiger partial charge is 0.481 e. The molecule has 4 amide bonds. The molecule has 182 valence electrons. The standard InChI is InChI=1S/C17H29N5O10/c1-7(24)13(16(30)21-10(17(31)32)2-4-11(19)25)22-15(29)9(3-5-12(26)27)20-14(28)8(18)6-23/h7-10,13,23-24H,2-6,18H2,1H3,(H2,19,25)(H,20,28)(H,21,30)(H,22,29)(H,26,27)(H,31,32). The van der Waals surface area contributed by atoms with E-state index in [0.717, 1.165) is 6.92 Å². The van der Waals surface area contributed by atoms with Gasteiger partial charge < -0.3 is 47.8 Å². The number of aliphatic hydroxyl groups is 2. The zero-order valence-electron chi connectivity index (χ0n) is 17.3. The number of aliphatic carboxylic acids is 2. The van der Waals surface area contributed by atoms with Crippen molar-refractivity contribution in [1.29, 1.82) is 0 Å². The van der Waals surface area contributed by atoms with Crippen LogP contribution in [-0.4, -0.2) is 92.9 Å². The number of carboxylic acid groups (broad SMARTS) is 2. The molecule has 0 heterocycles. The Bertz CT molecular complexity index is 714. The lowest BCUT2D eigenvalue weighted by Gasteiger charge is -2.26. The van der Waals surface area contributed by atoms with E-state index in [9.17, 15) is 33.9 Å². The summed E-state index contributed by atoms with van der Waals surface area (Å²) in [6, 6.07) is -6.12. The first kappa shape index (κ1) is 28.7. The van der Waals surface area contributed by atoms with Gasteiger partial charge in [0, 0.05) is 12.8 Å². The van der Waals surface area contributed by atoms with E-state index in [-0.39, 0.29) is 12.8 Å². The summed E-state index contributed by atoms with van der Waals surface area (Å²) in [5, 5.41) is 43.1. The van der Waals surface area contributed by atoms with Crippen molar-refractivity contribution in [2.45, 2.75) is 62.9 Å². The second-order valence-corrected chi connectivity index (χ2v) is 6.91.